The molecule has 1 aromatic rings. The van der Waals surface area contributed by atoms with Crippen molar-refractivity contribution in [3.05, 3.63) is 35.4 Å². The highest BCUT2D eigenvalue weighted by atomic mass is 16.2. The largest absolute Gasteiger partial charge is 0.338 e. The van der Waals surface area contributed by atoms with Crippen LogP contribution in [0.4, 0.5) is 4.79 Å². The Balaban J connectivity index is 1.75. The predicted molar refractivity (Wildman–Crippen MR) is 86.7 cm³/mol. The van der Waals surface area contributed by atoms with Crippen molar-refractivity contribution in [2.75, 3.05) is 33.2 Å². The number of fused-ring (bicyclic) bond motifs is 1. The second-order valence-electron chi connectivity index (χ2n) is 5.82. The van der Waals surface area contributed by atoms with Gasteiger partial charge in [0.25, 0.3) is 0 Å². The molecule has 2 amide bonds. The number of nitrogens with zero attached hydrogens (tertiary/aromatic N) is 1. The van der Waals surface area contributed by atoms with E-state index in [0.29, 0.717) is 12.5 Å². The molecule has 0 aliphatic heterocycles. The smallest absolute Gasteiger partial charge is 0.314 e. The van der Waals surface area contributed by atoms with Gasteiger partial charge in [0.1, 0.15) is 0 Å². The number of likely N-dealkylation sites (N-methyl/N-ethyl adjacent to an activating group) is 1. The topological polar surface area (TPSA) is 44.4 Å². The number of benzene rings is 1. The second-order valence-corrected chi connectivity index (χ2v) is 5.82. The van der Waals surface area contributed by atoms with Crippen molar-refractivity contribution in [2.45, 2.75) is 32.1 Å². The van der Waals surface area contributed by atoms with E-state index in [0.717, 1.165) is 26.1 Å². The van der Waals surface area contributed by atoms with Crippen molar-refractivity contribution in [2.24, 2.45) is 0 Å². The number of aryl methyl sites for hydroxylation is 1. The molecule has 0 saturated heterocycles. The molecule has 21 heavy (non-hydrogen) atoms. The summed E-state index contributed by atoms with van der Waals surface area (Å²) in [5, 5.41) is 5.94. The van der Waals surface area contributed by atoms with Crippen molar-refractivity contribution in [3.63, 3.8) is 0 Å². The Kier molecular flexibility index (Phi) is 6.05. The van der Waals surface area contributed by atoms with Crippen LogP contribution in [-0.2, 0) is 6.42 Å². The number of carbonyl (C=O) groups excluding carboxylic acids is 1. The number of amides is 2. The van der Waals surface area contributed by atoms with E-state index in [-0.39, 0.29) is 6.03 Å². The Morgan fingerprint density at radius 3 is 2.95 bits per heavy atom. The van der Waals surface area contributed by atoms with Crippen LogP contribution in [0.3, 0.4) is 0 Å². The molecule has 1 aliphatic rings. The van der Waals surface area contributed by atoms with Crippen molar-refractivity contribution in [3.8, 4) is 0 Å². The van der Waals surface area contributed by atoms with E-state index in [4.69, 9.17) is 0 Å². The Hall–Kier alpha value is -1.55. The zero-order valence-electron chi connectivity index (χ0n) is 13.2. The maximum absolute atomic E-state index is 11.8. The van der Waals surface area contributed by atoms with E-state index >= 15 is 0 Å². The first-order valence-corrected chi connectivity index (χ1v) is 7.98. The number of nitrogens with one attached hydrogen (secondary N) is 2. The summed E-state index contributed by atoms with van der Waals surface area (Å²) in [4.78, 5) is 14.0. The van der Waals surface area contributed by atoms with Gasteiger partial charge in [0.05, 0.1) is 0 Å². The van der Waals surface area contributed by atoms with E-state index in [1.54, 1.807) is 0 Å². The van der Waals surface area contributed by atoms with Crippen molar-refractivity contribution < 1.29 is 4.79 Å². The molecule has 2 N–H and O–H groups in total. The van der Waals surface area contributed by atoms with E-state index < -0.39 is 0 Å². The first kappa shape index (κ1) is 15.8. The lowest BCUT2D eigenvalue weighted by Gasteiger charge is -2.25. The van der Waals surface area contributed by atoms with Gasteiger partial charge in [-0.3, -0.25) is 0 Å². The van der Waals surface area contributed by atoms with Crippen LogP contribution in [0.25, 0.3) is 0 Å². The van der Waals surface area contributed by atoms with Crippen LogP contribution < -0.4 is 10.6 Å². The molecule has 0 radical (unpaired) electrons. The fourth-order valence-corrected chi connectivity index (χ4v) is 2.86. The van der Waals surface area contributed by atoms with Crippen LogP contribution in [0.5, 0.6) is 0 Å². The minimum atomic E-state index is -0.0532. The number of hydrogen-bond donors (Lipinski definition) is 2. The molecule has 1 aliphatic carbocycles. The molecule has 2 rings (SSSR count). The van der Waals surface area contributed by atoms with E-state index in [9.17, 15) is 4.79 Å². The molecular weight excluding hydrogens is 262 g/mol. The van der Waals surface area contributed by atoms with Crippen LogP contribution in [0.15, 0.2) is 24.3 Å². The third-order valence-electron chi connectivity index (χ3n) is 4.32. The van der Waals surface area contributed by atoms with Crippen LogP contribution in [0, 0.1) is 0 Å². The zero-order chi connectivity index (χ0) is 15.1. The number of carbonyl (C=O) groups is 1. The molecule has 4 heteroatoms. The van der Waals surface area contributed by atoms with Crippen LogP contribution >= 0.6 is 0 Å². The SMILES string of the molecule is CCN(C)CCNC(=O)NCC1CCCc2ccccc21. The van der Waals surface area contributed by atoms with Crippen LogP contribution in [-0.4, -0.2) is 44.2 Å². The lowest BCUT2D eigenvalue weighted by atomic mass is 9.83. The first-order valence-electron chi connectivity index (χ1n) is 7.98. The quantitative estimate of drug-likeness (QED) is 0.844. The highest BCUT2D eigenvalue weighted by molar-refractivity contribution is 5.73. The average molecular weight is 289 g/mol. The van der Waals surface area contributed by atoms with E-state index in [1.807, 2.05) is 0 Å². The van der Waals surface area contributed by atoms with Crippen molar-refractivity contribution in [1.82, 2.24) is 15.5 Å². The normalized spacial score (nSPS) is 17.4. The van der Waals surface area contributed by atoms with E-state index in [2.05, 4.69) is 53.8 Å². The standard InChI is InChI=1S/C17H27N3O/c1-3-20(2)12-11-18-17(21)19-13-15-9-6-8-14-7-4-5-10-16(14)15/h4-5,7,10,15H,3,6,8-9,11-13H2,1-2H3,(H2,18,19,21). The molecule has 0 spiro atoms. The summed E-state index contributed by atoms with van der Waals surface area (Å²) in [6, 6.07) is 8.56. The van der Waals surface area contributed by atoms with Gasteiger partial charge in [-0.25, -0.2) is 4.79 Å². The van der Waals surface area contributed by atoms with Gasteiger partial charge < -0.3 is 15.5 Å². The van der Waals surface area contributed by atoms with E-state index in [1.165, 1.54) is 24.0 Å². The molecule has 0 aromatic heterocycles. The lowest BCUT2D eigenvalue weighted by molar-refractivity contribution is 0.237. The molecule has 1 atom stereocenters. The fourth-order valence-electron chi connectivity index (χ4n) is 2.86. The molecular formula is C17H27N3O. The third kappa shape index (κ3) is 4.74. The first-order chi connectivity index (χ1) is 10.2. The van der Waals surface area contributed by atoms with Crippen molar-refractivity contribution >= 4 is 6.03 Å². The summed E-state index contributed by atoms with van der Waals surface area (Å²) in [5.74, 6) is 0.457. The maximum Gasteiger partial charge on any atom is 0.314 e. The Morgan fingerprint density at radius 2 is 2.14 bits per heavy atom. The van der Waals surface area contributed by atoms with Gasteiger partial charge in [0, 0.05) is 25.6 Å². The molecule has 0 saturated carbocycles. The summed E-state index contributed by atoms with van der Waals surface area (Å²) in [7, 11) is 2.05. The minimum Gasteiger partial charge on any atom is -0.338 e. The summed E-state index contributed by atoms with van der Waals surface area (Å²) in [5.41, 5.74) is 2.86. The van der Waals surface area contributed by atoms with Gasteiger partial charge in [0.15, 0.2) is 0 Å². The van der Waals surface area contributed by atoms with Gasteiger partial charge in [0.2, 0.25) is 0 Å². The summed E-state index contributed by atoms with van der Waals surface area (Å²) < 4.78 is 0. The third-order valence-corrected chi connectivity index (χ3v) is 4.32. The van der Waals surface area contributed by atoms with Gasteiger partial charge >= 0.3 is 6.03 Å². The predicted octanol–water partition coefficient (Wildman–Crippen LogP) is 2.36. The average Bonchev–Trinajstić information content (AvgIpc) is 2.52. The number of hydrogen-bond acceptors (Lipinski definition) is 2. The second kappa shape index (κ2) is 8.03. The van der Waals surface area contributed by atoms with Gasteiger partial charge in [-0.15, -0.1) is 0 Å². The van der Waals surface area contributed by atoms with Crippen LogP contribution in [0.1, 0.15) is 36.8 Å². The van der Waals surface area contributed by atoms with Gasteiger partial charge in [-0.2, -0.15) is 0 Å². The Bertz CT molecular complexity index is 461. The fraction of sp³-hybridized carbons (Fsp3) is 0.588. The summed E-state index contributed by atoms with van der Waals surface area (Å²) in [6.07, 6.45) is 3.55. The maximum atomic E-state index is 11.8. The minimum absolute atomic E-state index is 0.0532. The molecule has 0 bridgehead atoms. The Morgan fingerprint density at radius 1 is 1.33 bits per heavy atom. The number of urea groups is 1. The molecule has 1 aromatic carbocycles. The van der Waals surface area contributed by atoms with Gasteiger partial charge in [-0.1, -0.05) is 31.2 Å². The highest BCUT2D eigenvalue weighted by Gasteiger charge is 2.19. The molecule has 4 nitrogen and oxygen atoms in total. The summed E-state index contributed by atoms with van der Waals surface area (Å²) in [6.45, 7) is 5.42. The molecule has 116 valence electrons. The van der Waals surface area contributed by atoms with Crippen LogP contribution in [0.2, 0.25) is 0 Å². The molecule has 1 unspecified atom stereocenters. The van der Waals surface area contributed by atoms with Crippen molar-refractivity contribution in [1.29, 1.82) is 0 Å². The Labute approximate surface area is 127 Å². The molecule has 0 heterocycles. The monoisotopic (exact) mass is 289 g/mol. The highest BCUT2D eigenvalue weighted by Crippen LogP contribution is 2.30. The number of rotatable bonds is 6. The zero-order valence-corrected chi connectivity index (χ0v) is 13.2. The van der Waals surface area contributed by atoms with Gasteiger partial charge in [-0.05, 0) is 44.0 Å². The lowest BCUT2D eigenvalue weighted by Crippen LogP contribution is -2.41. The summed E-state index contributed by atoms with van der Waals surface area (Å²) >= 11 is 0. The molecule has 0 fully saturated rings.